The van der Waals surface area contributed by atoms with Crippen LogP contribution >= 0.6 is 11.6 Å². The molecule has 0 unspecified atom stereocenters. The molecule has 1 aromatic heterocycles. The van der Waals surface area contributed by atoms with Crippen molar-refractivity contribution in [3.05, 3.63) is 35.0 Å². The van der Waals surface area contributed by atoms with Crippen LogP contribution < -0.4 is 5.32 Å². The van der Waals surface area contributed by atoms with Crippen molar-refractivity contribution in [2.45, 2.75) is 38.3 Å². The van der Waals surface area contributed by atoms with E-state index in [-0.39, 0.29) is 18.1 Å². The minimum absolute atomic E-state index is 0.0387. The highest BCUT2D eigenvalue weighted by Gasteiger charge is 2.31. The van der Waals surface area contributed by atoms with Gasteiger partial charge < -0.3 is 25.0 Å². The fourth-order valence-electron chi connectivity index (χ4n) is 4.27. The summed E-state index contributed by atoms with van der Waals surface area (Å²) < 4.78 is 0. The van der Waals surface area contributed by atoms with Gasteiger partial charge in [0.1, 0.15) is 0 Å². The van der Waals surface area contributed by atoms with Gasteiger partial charge in [-0.2, -0.15) is 0 Å². The molecular formula is C21H28ClN5O2. The van der Waals surface area contributed by atoms with E-state index in [2.05, 4.69) is 10.3 Å². The van der Waals surface area contributed by atoms with Crippen molar-refractivity contribution in [2.75, 3.05) is 33.2 Å². The van der Waals surface area contributed by atoms with Crippen LogP contribution in [0, 0.1) is 0 Å². The van der Waals surface area contributed by atoms with E-state index in [4.69, 9.17) is 11.6 Å². The quantitative estimate of drug-likeness (QED) is 0.800. The number of aromatic nitrogens is 1. The van der Waals surface area contributed by atoms with Gasteiger partial charge in [-0.1, -0.05) is 11.6 Å². The first-order chi connectivity index (χ1) is 14.0. The first-order valence-corrected chi connectivity index (χ1v) is 10.7. The number of aromatic amines is 1. The van der Waals surface area contributed by atoms with E-state index in [1.54, 1.807) is 4.90 Å². The van der Waals surface area contributed by atoms with Gasteiger partial charge >= 0.3 is 12.1 Å². The highest BCUT2D eigenvalue weighted by Crippen LogP contribution is 2.21. The van der Waals surface area contributed by atoms with E-state index in [0.717, 1.165) is 61.9 Å². The molecule has 2 fully saturated rings. The number of fused-ring (bicyclic) bond motifs is 1. The minimum Gasteiger partial charge on any atom is -0.357 e. The highest BCUT2D eigenvalue weighted by atomic mass is 35.5. The van der Waals surface area contributed by atoms with E-state index in [9.17, 15) is 9.59 Å². The molecule has 2 aliphatic heterocycles. The molecule has 0 saturated carbocycles. The number of carbonyl (C=O) groups is 2. The summed E-state index contributed by atoms with van der Waals surface area (Å²) in [5.74, 6) is 0. The predicted molar refractivity (Wildman–Crippen MR) is 114 cm³/mol. The zero-order chi connectivity index (χ0) is 20.4. The number of urea groups is 2. The van der Waals surface area contributed by atoms with E-state index in [0.29, 0.717) is 18.1 Å². The van der Waals surface area contributed by atoms with Gasteiger partial charge in [-0.25, -0.2) is 9.59 Å². The van der Waals surface area contributed by atoms with Crippen molar-refractivity contribution in [2.24, 2.45) is 0 Å². The van der Waals surface area contributed by atoms with Gasteiger partial charge in [-0.15, -0.1) is 0 Å². The Bertz CT molecular complexity index is 892. The molecule has 4 amide bonds. The number of benzene rings is 1. The maximum Gasteiger partial charge on any atom is 0.320 e. The van der Waals surface area contributed by atoms with Crippen molar-refractivity contribution in [1.29, 1.82) is 0 Å². The number of nitrogens with one attached hydrogen (secondary N) is 2. The zero-order valence-electron chi connectivity index (χ0n) is 16.8. The Morgan fingerprint density at radius 3 is 2.72 bits per heavy atom. The van der Waals surface area contributed by atoms with Gasteiger partial charge in [0, 0.05) is 54.8 Å². The molecule has 0 bridgehead atoms. The lowest BCUT2D eigenvalue weighted by Crippen LogP contribution is -2.54. The second-order valence-corrected chi connectivity index (χ2v) is 8.45. The highest BCUT2D eigenvalue weighted by molar-refractivity contribution is 6.31. The monoisotopic (exact) mass is 417 g/mol. The molecule has 1 atom stereocenters. The predicted octanol–water partition coefficient (Wildman–Crippen LogP) is 3.64. The summed E-state index contributed by atoms with van der Waals surface area (Å²) in [6, 6.07) is 7.71. The standard InChI is InChI=1S/C21H28ClN5O2/c1-25(18-5-4-10-27(14-18)21(29)26-8-2-3-9-26)20(28)23-13-17-12-15-11-16(22)6-7-19(15)24-17/h6-7,11-12,18,24H,2-5,8-10,13-14H2,1H3,(H,23,28)/t18-/m1/s1. The Hall–Kier alpha value is -2.41. The number of likely N-dealkylation sites (tertiary alicyclic amines) is 2. The van der Waals surface area contributed by atoms with Crippen LogP contribution in [0.2, 0.25) is 5.02 Å². The van der Waals surface area contributed by atoms with Gasteiger partial charge in [-0.05, 0) is 49.9 Å². The molecule has 2 aliphatic rings. The number of H-pyrrole nitrogens is 1. The number of likely N-dealkylation sites (N-methyl/N-ethyl adjacent to an activating group) is 1. The van der Waals surface area contributed by atoms with Crippen LogP contribution in [0.3, 0.4) is 0 Å². The third-order valence-electron chi connectivity index (χ3n) is 5.98. The van der Waals surface area contributed by atoms with Crippen molar-refractivity contribution in [3.8, 4) is 0 Å². The smallest absolute Gasteiger partial charge is 0.320 e. The van der Waals surface area contributed by atoms with Crippen LogP contribution in [0.15, 0.2) is 24.3 Å². The molecule has 4 rings (SSSR count). The van der Waals surface area contributed by atoms with Crippen molar-refractivity contribution in [1.82, 2.24) is 25.0 Å². The zero-order valence-corrected chi connectivity index (χ0v) is 17.5. The summed E-state index contributed by atoms with van der Waals surface area (Å²) in [5, 5.41) is 4.70. The fourth-order valence-corrected chi connectivity index (χ4v) is 4.45. The van der Waals surface area contributed by atoms with E-state index < -0.39 is 0 Å². The summed E-state index contributed by atoms with van der Waals surface area (Å²) >= 11 is 6.04. The van der Waals surface area contributed by atoms with E-state index >= 15 is 0 Å². The summed E-state index contributed by atoms with van der Waals surface area (Å²) in [5.41, 5.74) is 1.92. The second kappa shape index (κ2) is 8.53. The number of nitrogens with zero attached hydrogens (tertiary/aromatic N) is 3. The molecule has 0 aliphatic carbocycles. The normalized spacial score (nSPS) is 19.6. The van der Waals surface area contributed by atoms with E-state index in [1.165, 1.54) is 0 Å². The number of carbonyl (C=O) groups excluding carboxylic acids is 2. The molecule has 0 spiro atoms. The lowest BCUT2D eigenvalue weighted by atomic mass is 10.1. The Balaban J connectivity index is 1.32. The molecule has 156 valence electrons. The maximum atomic E-state index is 12.7. The molecule has 8 heteroatoms. The summed E-state index contributed by atoms with van der Waals surface area (Å²) in [7, 11) is 1.81. The second-order valence-electron chi connectivity index (χ2n) is 8.01. The number of amides is 4. The Kier molecular flexibility index (Phi) is 5.85. The van der Waals surface area contributed by atoms with Crippen LogP contribution in [0.5, 0.6) is 0 Å². The summed E-state index contributed by atoms with van der Waals surface area (Å²) in [6.07, 6.45) is 4.01. The molecular weight excluding hydrogens is 390 g/mol. The van der Waals surface area contributed by atoms with E-state index in [1.807, 2.05) is 41.1 Å². The number of hydrogen-bond acceptors (Lipinski definition) is 2. The molecule has 2 N–H and O–H groups in total. The van der Waals surface area contributed by atoms with Gasteiger partial charge in [-0.3, -0.25) is 0 Å². The average molecular weight is 418 g/mol. The SMILES string of the molecule is CN(C(=O)NCc1cc2cc(Cl)ccc2[nH]1)[C@@H]1CCCN(C(=O)N2CCCC2)C1. The van der Waals surface area contributed by atoms with Gasteiger partial charge in [0.2, 0.25) is 0 Å². The number of rotatable bonds is 3. The van der Waals surface area contributed by atoms with Crippen LogP contribution in [0.1, 0.15) is 31.4 Å². The average Bonchev–Trinajstić information content (AvgIpc) is 3.40. The molecule has 7 nitrogen and oxygen atoms in total. The third kappa shape index (κ3) is 4.45. The fraction of sp³-hybridized carbons (Fsp3) is 0.524. The van der Waals surface area contributed by atoms with Crippen molar-refractivity contribution < 1.29 is 9.59 Å². The first kappa shape index (κ1) is 19.9. The Labute approximate surface area is 176 Å². The van der Waals surface area contributed by atoms with Gasteiger partial charge in [0.15, 0.2) is 0 Å². The maximum absolute atomic E-state index is 12.7. The lowest BCUT2D eigenvalue weighted by Gasteiger charge is -2.39. The largest absolute Gasteiger partial charge is 0.357 e. The minimum atomic E-state index is -0.123. The van der Waals surface area contributed by atoms with Crippen LogP contribution in [0.25, 0.3) is 10.9 Å². The van der Waals surface area contributed by atoms with Crippen LogP contribution in [-0.2, 0) is 6.54 Å². The van der Waals surface area contributed by atoms with Crippen LogP contribution in [-0.4, -0.2) is 71.0 Å². The summed E-state index contributed by atoms with van der Waals surface area (Å²) in [6.45, 7) is 3.50. The molecule has 3 heterocycles. The van der Waals surface area contributed by atoms with Crippen molar-refractivity contribution in [3.63, 3.8) is 0 Å². The number of hydrogen-bond donors (Lipinski definition) is 2. The lowest BCUT2D eigenvalue weighted by molar-refractivity contribution is 0.115. The molecule has 0 radical (unpaired) electrons. The van der Waals surface area contributed by atoms with Crippen molar-refractivity contribution >= 4 is 34.6 Å². The Morgan fingerprint density at radius 2 is 1.93 bits per heavy atom. The van der Waals surface area contributed by atoms with Gasteiger partial charge in [0.05, 0.1) is 12.6 Å². The van der Waals surface area contributed by atoms with Crippen LogP contribution in [0.4, 0.5) is 9.59 Å². The van der Waals surface area contributed by atoms with Gasteiger partial charge in [0.25, 0.3) is 0 Å². The summed E-state index contributed by atoms with van der Waals surface area (Å²) in [4.78, 5) is 34.2. The first-order valence-electron chi connectivity index (χ1n) is 10.3. The molecule has 2 saturated heterocycles. The third-order valence-corrected chi connectivity index (χ3v) is 6.22. The number of piperidine rings is 1. The molecule has 29 heavy (non-hydrogen) atoms. The molecule has 2 aromatic rings. The Morgan fingerprint density at radius 1 is 1.17 bits per heavy atom. The topological polar surface area (TPSA) is 71.7 Å². The number of halogens is 1. The molecule has 1 aromatic carbocycles.